The van der Waals surface area contributed by atoms with Gasteiger partial charge in [-0.25, -0.2) is 0 Å². The van der Waals surface area contributed by atoms with Gasteiger partial charge in [0, 0.05) is 0 Å². The normalized spacial score (nSPS) is 14.1. The molecular formula is C16H32. The van der Waals surface area contributed by atoms with Gasteiger partial charge in [0.1, 0.15) is 0 Å². The largest absolute Gasteiger partial charge is 0.0856 e. The lowest BCUT2D eigenvalue weighted by atomic mass is 9.98. The maximum atomic E-state index is 2.46. The molecule has 0 heterocycles. The van der Waals surface area contributed by atoms with Crippen LogP contribution in [0.2, 0.25) is 0 Å². The van der Waals surface area contributed by atoms with Crippen molar-refractivity contribution < 1.29 is 0 Å². The molecule has 0 heteroatoms. The van der Waals surface area contributed by atoms with Gasteiger partial charge in [0.25, 0.3) is 0 Å². The zero-order chi connectivity index (χ0) is 12.2. The van der Waals surface area contributed by atoms with Crippen molar-refractivity contribution in [3.8, 4) is 0 Å². The first-order valence-electron chi connectivity index (χ1n) is 7.36. The Morgan fingerprint density at radius 1 is 1.00 bits per heavy atom. The fraction of sp³-hybridized carbons (Fsp3) is 0.875. The van der Waals surface area contributed by atoms with Crippen LogP contribution < -0.4 is 0 Å². The molecule has 0 aliphatic rings. The molecule has 0 spiro atoms. The van der Waals surface area contributed by atoms with E-state index in [0.717, 1.165) is 5.92 Å². The van der Waals surface area contributed by atoms with Crippen LogP contribution in [0.15, 0.2) is 11.6 Å². The van der Waals surface area contributed by atoms with Gasteiger partial charge in [0.05, 0.1) is 0 Å². The first kappa shape index (κ1) is 15.7. The first-order valence-corrected chi connectivity index (χ1v) is 7.36. The van der Waals surface area contributed by atoms with E-state index in [1.165, 1.54) is 57.8 Å². The minimum absolute atomic E-state index is 0.940. The Hall–Kier alpha value is -0.260. The van der Waals surface area contributed by atoms with Gasteiger partial charge in [-0.1, -0.05) is 64.5 Å². The van der Waals surface area contributed by atoms with Crippen LogP contribution in [0, 0.1) is 5.92 Å². The average Bonchev–Trinajstić information content (AvgIpc) is 2.26. The number of hydrogen-bond donors (Lipinski definition) is 0. The van der Waals surface area contributed by atoms with Crippen molar-refractivity contribution >= 4 is 0 Å². The Morgan fingerprint density at radius 3 is 2.38 bits per heavy atom. The lowest BCUT2D eigenvalue weighted by Gasteiger charge is -2.08. The van der Waals surface area contributed by atoms with E-state index in [4.69, 9.17) is 0 Å². The molecular weight excluding hydrogens is 192 g/mol. The van der Waals surface area contributed by atoms with Crippen molar-refractivity contribution in [1.29, 1.82) is 0 Å². The Morgan fingerprint density at radius 2 is 1.75 bits per heavy atom. The van der Waals surface area contributed by atoms with E-state index in [1.54, 1.807) is 5.57 Å². The molecule has 0 aliphatic heterocycles. The van der Waals surface area contributed by atoms with Gasteiger partial charge >= 0.3 is 0 Å². The zero-order valence-electron chi connectivity index (χ0n) is 12.0. The monoisotopic (exact) mass is 224 g/mol. The van der Waals surface area contributed by atoms with Gasteiger partial charge in [0.15, 0.2) is 0 Å². The van der Waals surface area contributed by atoms with Gasteiger partial charge < -0.3 is 0 Å². The molecule has 0 aromatic rings. The van der Waals surface area contributed by atoms with Gasteiger partial charge in [-0.15, -0.1) is 0 Å². The summed E-state index contributed by atoms with van der Waals surface area (Å²) < 4.78 is 0. The van der Waals surface area contributed by atoms with Crippen molar-refractivity contribution in [2.75, 3.05) is 0 Å². The van der Waals surface area contributed by atoms with Crippen molar-refractivity contribution in [1.82, 2.24) is 0 Å². The summed E-state index contributed by atoms with van der Waals surface area (Å²) in [4.78, 5) is 0. The van der Waals surface area contributed by atoms with Crippen LogP contribution in [0.25, 0.3) is 0 Å². The Balaban J connectivity index is 3.37. The molecule has 0 rings (SSSR count). The van der Waals surface area contributed by atoms with Crippen LogP contribution >= 0.6 is 0 Å². The number of allylic oxidation sites excluding steroid dienone is 2. The van der Waals surface area contributed by atoms with Crippen LogP contribution in [-0.2, 0) is 0 Å². The molecule has 0 aromatic heterocycles. The van der Waals surface area contributed by atoms with Gasteiger partial charge in [-0.05, 0) is 38.5 Å². The molecule has 0 radical (unpaired) electrons. The summed E-state index contributed by atoms with van der Waals surface area (Å²) in [5.41, 5.74) is 1.60. The second-order valence-corrected chi connectivity index (χ2v) is 5.33. The number of rotatable bonds is 10. The fourth-order valence-electron chi connectivity index (χ4n) is 2.18. The Kier molecular flexibility index (Phi) is 11.0. The average molecular weight is 224 g/mol. The smallest absolute Gasteiger partial charge is 0.0323 e. The van der Waals surface area contributed by atoms with Crippen LogP contribution in [0.4, 0.5) is 0 Å². The third kappa shape index (κ3) is 10.3. The van der Waals surface area contributed by atoms with E-state index in [1.807, 2.05) is 0 Å². The molecule has 0 bridgehead atoms. The molecule has 96 valence electrons. The molecule has 16 heavy (non-hydrogen) atoms. The zero-order valence-corrected chi connectivity index (χ0v) is 12.0. The SMILES string of the molecule is CCCCC(C)=CCCCCC(C)CCC. The number of hydrogen-bond acceptors (Lipinski definition) is 0. The predicted octanol–water partition coefficient (Wildman–Crippen LogP) is 6.12. The summed E-state index contributed by atoms with van der Waals surface area (Å²) in [6.45, 7) is 9.24. The van der Waals surface area contributed by atoms with E-state index in [2.05, 4.69) is 33.8 Å². The van der Waals surface area contributed by atoms with Gasteiger partial charge in [-0.3, -0.25) is 0 Å². The lowest BCUT2D eigenvalue weighted by Crippen LogP contribution is -1.93. The minimum atomic E-state index is 0.940. The molecule has 1 atom stereocenters. The molecule has 0 aliphatic carbocycles. The quantitative estimate of drug-likeness (QED) is 0.310. The fourth-order valence-corrected chi connectivity index (χ4v) is 2.18. The summed E-state index contributed by atoms with van der Waals surface area (Å²) in [6.07, 6.45) is 14.7. The summed E-state index contributed by atoms with van der Waals surface area (Å²) in [6, 6.07) is 0. The predicted molar refractivity (Wildman–Crippen MR) is 75.8 cm³/mol. The van der Waals surface area contributed by atoms with E-state index in [0.29, 0.717) is 0 Å². The van der Waals surface area contributed by atoms with E-state index >= 15 is 0 Å². The topological polar surface area (TPSA) is 0 Å². The highest BCUT2D eigenvalue weighted by molar-refractivity contribution is 4.97. The van der Waals surface area contributed by atoms with E-state index < -0.39 is 0 Å². The molecule has 1 unspecified atom stereocenters. The van der Waals surface area contributed by atoms with Crippen LogP contribution in [-0.4, -0.2) is 0 Å². The second-order valence-electron chi connectivity index (χ2n) is 5.33. The molecule has 0 saturated heterocycles. The molecule has 0 N–H and O–H groups in total. The van der Waals surface area contributed by atoms with E-state index in [-0.39, 0.29) is 0 Å². The molecule has 0 fully saturated rings. The van der Waals surface area contributed by atoms with Crippen molar-refractivity contribution in [3.63, 3.8) is 0 Å². The molecule has 0 aromatic carbocycles. The molecule has 0 amide bonds. The van der Waals surface area contributed by atoms with E-state index in [9.17, 15) is 0 Å². The maximum Gasteiger partial charge on any atom is -0.0323 e. The van der Waals surface area contributed by atoms with Gasteiger partial charge in [-0.2, -0.15) is 0 Å². The van der Waals surface area contributed by atoms with Crippen molar-refractivity contribution in [3.05, 3.63) is 11.6 Å². The lowest BCUT2D eigenvalue weighted by molar-refractivity contribution is 0.462. The minimum Gasteiger partial charge on any atom is -0.0856 e. The van der Waals surface area contributed by atoms with Crippen LogP contribution in [0.1, 0.15) is 85.5 Å². The van der Waals surface area contributed by atoms with Crippen molar-refractivity contribution in [2.24, 2.45) is 5.92 Å². The van der Waals surface area contributed by atoms with Crippen LogP contribution in [0.3, 0.4) is 0 Å². The highest BCUT2D eigenvalue weighted by Crippen LogP contribution is 2.15. The van der Waals surface area contributed by atoms with Crippen LogP contribution in [0.5, 0.6) is 0 Å². The highest BCUT2D eigenvalue weighted by Gasteiger charge is 1.99. The summed E-state index contributed by atoms with van der Waals surface area (Å²) in [7, 11) is 0. The summed E-state index contributed by atoms with van der Waals surface area (Å²) in [5.74, 6) is 0.940. The maximum absolute atomic E-state index is 2.46. The third-order valence-electron chi connectivity index (χ3n) is 3.35. The molecule has 0 nitrogen and oxygen atoms in total. The third-order valence-corrected chi connectivity index (χ3v) is 3.35. The second kappa shape index (κ2) is 11.2. The molecule has 0 saturated carbocycles. The van der Waals surface area contributed by atoms with Crippen molar-refractivity contribution in [2.45, 2.75) is 85.5 Å². The number of unbranched alkanes of at least 4 members (excludes halogenated alkanes) is 3. The summed E-state index contributed by atoms with van der Waals surface area (Å²) >= 11 is 0. The standard InChI is InChI=1S/C16H32/c1-5-7-12-16(4)14-10-8-9-13-15(3)11-6-2/h14-15H,5-13H2,1-4H3. The van der Waals surface area contributed by atoms with Gasteiger partial charge in [0.2, 0.25) is 0 Å². The summed E-state index contributed by atoms with van der Waals surface area (Å²) in [5, 5.41) is 0. The Bertz CT molecular complexity index is 167. The first-order chi connectivity index (χ1) is 7.70. The highest BCUT2D eigenvalue weighted by atomic mass is 14.1. The Labute approximate surface area is 104 Å².